The summed E-state index contributed by atoms with van der Waals surface area (Å²) < 4.78 is 58.4. The zero-order valence-electron chi connectivity index (χ0n) is 26.4. The summed E-state index contributed by atoms with van der Waals surface area (Å²) in [4.78, 5) is 20.1. The van der Waals surface area contributed by atoms with E-state index in [2.05, 4.69) is 20.6 Å². The summed E-state index contributed by atoms with van der Waals surface area (Å²) in [6.07, 6.45) is 4.61. The maximum absolute atomic E-state index is 15.4. The minimum absolute atomic E-state index is 0.0353. The van der Waals surface area contributed by atoms with Gasteiger partial charge >= 0.3 is 11.9 Å². The molecular formula is C35H41F4N7O. The van der Waals surface area contributed by atoms with Crippen LogP contribution in [0.4, 0.5) is 17.6 Å². The summed E-state index contributed by atoms with van der Waals surface area (Å²) >= 11 is 0. The van der Waals surface area contributed by atoms with E-state index in [1.807, 2.05) is 24.3 Å². The first kappa shape index (κ1) is 32.9. The molecule has 3 atom stereocenters. The third-order valence-electron chi connectivity index (χ3n) is 9.41. The topological polar surface area (TPSA) is 125 Å². The molecular weight excluding hydrogens is 610 g/mol. The Bertz CT molecular complexity index is 1790. The third-order valence-corrected chi connectivity index (χ3v) is 9.41. The number of fused-ring (bicyclic) bond motifs is 1. The van der Waals surface area contributed by atoms with Crippen molar-refractivity contribution < 1.29 is 17.6 Å². The zero-order valence-corrected chi connectivity index (χ0v) is 26.4. The fourth-order valence-corrected chi connectivity index (χ4v) is 6.67. The number of aromatic nitrogens is 3. The zero-order chi connectivity index (χ0) is 33.3. The molecule has 0 amide bonds. The van der Waals surface area contributed by atoms with Gasteiger partial charge in [0.15, 0.2) is 0 Å². The largest absolute Gasteiger partial charge is 0.419 e. The molecule has 0 bridgehead atoms. The Kier molecular flexibility index (Phi) is 9.52. The van der Waals surface area contributed by atoms with Crippen molar-refractivity contribution in [2.45, 2.75) is 89.0 Å². The molecule has 0 radical (unpaired) electrons. The number of halogens is 4. The average molecular weight is 652 g/mol. The fraction of sp³-hybridized carbons (Fsp3) is 0.457. The van der Waals surface area contributed by atoms with Gasteiger partial charge in [-0.1, -0.05) is 18.6 Å². The van der Waals surface area contributed by atoms with E-state index in [4.69, 9.17) is 11.1 Å². The van der Waals surface area contributed by atoms with Crippen molar-refractivity contribution in [3.63, 3.8) is 0 Å². The van der Waals surface area contributed by atoms with Crippen LogP contribution in [0.15, 0.2) is 53.5 Å². The highest BCUT2D eigenvalue weighted by molar-refractivity contribution is 5.83. The first-order valence-electron chi connectivity index (χ1n) is 16.4. The summed E-state index contributed by atoms with van der Waals surface area (Å²) in [6.45, 7) is 2.47. The standard InChI is InChI=1S/C35H41F4N7O/c1-20(40)42-15-14-25-5-3-7-30(43-25)23-10-12-26(13-11-23)46-19-24-18-31(44-33(24)45-34(46)47)27-16-21(4-2-6-29(41)22-8-9-22)17-28(32(27)36)35(37,38)39/h10-13,16-19,22,25,29-30,43H,2-9,14-15,41H2,1H3,(H2,40,42)(H,44,45,47)/t25-,29?,30-/m0/s1. The number of nitrogens with one attached hydrogen (secondary N) is 4. The number of amidine groups is 1. The Morgan fingerprint density at radius 3 is 2.62 bits per heavy atom. The number of aryl methyl sites for hydroxylation is 1. The molecule has 47 heavy (non-hydrogen) atoms. The lowest BCUT2D eigenvalue weighted by molar-refractivity contribution is -0.140. The fourth-order valence-electron chi connectivity index (χ4n) is 6.67. The van der Waals surface area contributed by atoms with Crippen LogP contribution < -0.4 is 22.1 Å². The van der Waals surface area contributed by atoms with E-state index in [-0.39, 0.29) is 29.0 Å². The number of rotatable bonds is 11. The molecule has 6 N–H and O–H groups in total. The molecule has 1 unspecified atom stereocenters. The normalized spacial score (nSPS) is 19.2. The number of H-pyrrole nitrogens is 1. The molecule has 2 aromatic heterocycles. The minimum Gasteiger partial charge on any atom is -0.374 e. The predicted octanol–water partition coefficient (Wildman–Crippen LogP) is 6.76. The predicted molar refractivity (Wildman–Crippen MR) is 175 cm³/mol. The van der Waals surface area contributed by atoms with Gasteiger partial charge in [-0.2, -0.15) is 18.2 Å². The van der Waals surface area contributed by atoms with E-state index in [0.29, 0.717) is 53.7 Å². The van der Waals surface area contributed by atoms with Crippen molar-refractivity contribution in [2.24, 2.45) is 11.7 Å². The van der Waals surface area contributed by atoms with Crippen LogP contribution in [-0.4, -0.2) is 39.0 Å². The number of nitrogens with two attached hydrogens (primary N) is 1. The first-order chi connectivity index (χ1) is 22.5. The third kappa shape index (κ3) is 7.76. The lowest BCUT2D eigenvalue weighted by Crippen LogP contribution is -2.39. The van der Waals surface area contributed by atoms with E-state index in [1.54, 1.807) is 13.1 Å². The monoisotopic (exact) mass is 651 g/mol. The van der Waals surface area contributed by atoms with Crippen molar-refractivity contribution in [3.05, 3.63) is 81.7 Å². The number of aromatic amines is 1. The molecule has 1 saturated heterocycles. The van der Waals surface area contributed by atoms with Crippen molar-refractivity contribution in [2.75, 3.05) is 6.54 Å². The van der Waals surface area contributed by atoms with E-state index >= 15 is 4.39 Å². The number of nitrogens with zero attached hydrogens (tertiary/aromatic N) is 2. The van der Waals surface area contributed by atoms with Crippen LogP contribution in [0.3, 0.4) is 0 Å². The van der Waals surface area contributed by atoms with Gasteiger partial charge in [0.2, 0.25) is 0 Å². The Labute approximate surface area is 270 Å². The maximum Gasteiger partial charge on any atom is 0.419 e. The smallest absolute Gasteiger partial charge is 0.374 e. The van der Waals surface area contributed by atoms with Crippen LogP contribution in [0.1, 0.15) is 81.0 Å². The Morgan fingerprint density at radius 2 is 1.91 bits per heavy atom. The molecule has 1 saturated carbocycles. The lowest BCUT2D eigenvalue weighted by Gasteiger charge is -2.31. The van der Waals surface area contributed by atoms with Gasteiger partial charge in [0.1, 0.15) is 11.5 Å². The SMILES string of the molecule is CC(=N)NCC[C@@H]1CCC[C@@H](c2ccc(-n3cc4cc(-c5cc(CCCC(N)C6CC6)cc(C(F)(F)F)c5F)[nH]c4nc3=O)cc2)N1. The minimum atomic E-state index is -4.87. The second-order valence-electron chi connectivity index (χ2n) is 13.1. The quantitative estimate of drug-likeness (QED) is 0.0697. The average Bonchev–Trinajstić information content (AvgIpc) is 3.81. The van der Waals surface area contributed by atoms with Gasteiger partial charge < -0.3 is 21.4 Å². The summed E-state index contributed by atoms with van der Waals surface area (Å²) in [5.74, 6) is -0.416. The van der Waals surface area contributed by atoms with E-state index < -0.39 is 23.2 Å². The highest BCUT2D eigenvalue weighted by Crippen LogP contribution is 2.38. The molecule has 6 rings (SSSR count). The summed E-state index contributed by atoms with van der Waals surface area (Å²) in [5, 5.41) is 14.8. The molecule has 250 valence electrons. The molecule has 4 aromatic rings. The molecule has 2 aliphatic rings. The lowest BCUT2D eigenvalue weighted by atomic mass is 9.92. The number of hydrogen-bond acceptors (Lipinski definition) is 5. The van der Waals surface area contributed by atoms with Gasteiger partial charge in [-0.15, -0.1) is 0 Å². The van der Waals surface area contributed by atoms with Gasteiger partial charge in [0, 0.05) is 41.8 Å². The summed E-state index contributed by atoms with van der Waals surface area (Å²) in [5.41, 5.74) is 6.41. The van der Waals surface area contributed by atoms with Crippen LogP contribution in [-0.2, 0) is 12.6 Å². The summed E-state index contributed by atoms with van der Waals surface area (Å²) in [6, 6.07) is 12.1. The van der Waals surface area contributed by atoms with Crippen molar-refractivity contribution in [1.29, 1.82) is 5.41 Å². The molecule has 2 aromatic carbocycles. The first-order valence-corrected chi connectivity index (χ1v) is 16.4. The second-order valence-corrected chi connectivity index (χ2v) is 13.1. The highest BCUT2D eigenvalue weighted by atomic mass is 19.4. The number of hydrogen-bond donors (Lipinski definition) is 5. The Balaban J connectivity index is 1.23. The number of benzene rings is 2. The highest BCUT2D eigenvalue weighted by Gasteiger charge is 2.36. The Morgan fingerprint density at radius 1 is 1.15 bits per heavy atom. The molecule has 8 nitrogen and oxygen atoms in total. The molecule has 0 spiro atoms. The van der Waals surface area contributed by atoms with E-state index in [1.165, 1.54) is 16.7 Å². The number of alkyl halides is 3. The van der Waals surface area contributed by atoms with Gasteiger partial charge in [-0.3, -0.25) is 9.98 Å². The Hall–Kier alpha value is -4.03. The maximum atomic E-state index is 15.4. The van der Waals surface area contributed by atoms with Crippen LogP contribution in [0.25, 0.3) is 28.0 Å². The van der Waals surface area contributed by atoms with Gasteiger partial charge in [-0.05, 0) is 106 Å². The molecule has 1 aliphatic carbocycles. The van der Waals surface area contributed by atoms with Crippen LogP contribution in [0.5, 0.6) is 0 Å². The summed E-state index contributed by atoms with van der Waals surface area (Å²) in [7, 11) is 0. The molecule has 3 heterocycles. The van der Waals surface area contributed by atoms with Gasteiger partial charge in [0.25, 0.3) is 0 Å². The molecule has 1 aliphatic heterocycles. The molecule has 12 heteroatoms. The van der Waals surface area contributed by atoms with E-state index in [0.717, 1.165) is 56.7 Å². The number of piperidine rings is 1. The van der Waals surface area contributed by atoms with Crippen molar-refractivity contribution >= 4 is 16.9 Å². The van der Waals surface area contributed by atoms with Crippen LogP contribution in [0.2, 0.25) is 0 Å². The van der Waals surface area contributed by atoms with Gasteiger partial charge in [0.05, 0.1) is 22.8 Å². The van der Waals surface area contributed by atoms with Crippen molar-refractivity contribution in [3.8, 4) is 16.9 Å². The van der Waals surface area contributed by atoms with E-state index in [9.17, 15) is 18.0 Å². The van der Waals surface area contributed by atoms with Crippen LogP contribution in [0, 0.1) is 17.1 Å². The van der Waals surface area contributed by atoms with Crippen molar-refractivity contribution in [1.82, 2.24) is 25.2 Å². The second kappa shape index (κ2) is 13.6. The van der Waals surface area contributed by atoms with Crippen LogP contribution >= 0.6 is 0 Å². The molecule has 2 fully saturated rings. The van der Waals surface area contributed by atoms with Gasteiger partial charge in [-0.25, -0.2) is 9.18 Å².